The minimum Gasteiger partial charge on any atom is -0.297 e. The van der Waals surface area contributed by atoms with Crippen molar-refractivity contribution >= 4 is 11.6 Å². The van der Waals surface area contributed by atoms with Crippen LogP contribution in [0.2, 0.25) is 5.02 Å². The van der Waals surface area contributed by atoms with Gasteiger partial charge in [-0.05, 0) is 13.8 Å². The molecule has 0 aliphatic heterocycles. The van der Waals surface area contributed by atoms with Crippen LogP contribution < -0.4 is 11.2 Å². The van der Waals surface area contributed by atoms with E-state index in [4.69, 9.17) is 11.6 Å². The van der Waals surface area contributed by atoms with Crippen LogP contribution in [0.4, 0.5) is 0 Å². The molecule has 1 aromatic heterocycles. The van der Waals surface area contributed by atoms with Crippen LogP contribution in [0.5, 0.6) is 0 Å². The molecule has 0 aliphatic rings. The SMILES string of the molecule is CC(C)n1cc(Cl)c(=O)[nH]c1=O. The second-order valence-corrected chi connectivity index (χ2v) is 3.14. The Labute approximate surface area is 73.8 Å². The molecule has 0 unspecified atom stereocenters. The molecule has 0 aromatic carbocycles. The highest BCUT2D eigenvalue weighted by molar-refractivity contribution is 6.30. The van der Waals surface area contributed by atoms with E-state index in [0.717, 1.165) is 0 Å². The highest BCUT2D eigenvalue weighted by Crippen LogP contribution is 2.02. The second-order valence-electron chi connectivity index (χ2n) is 2.74. The zero-order chi connectivity index (χ0) is 9.30. The summed E-state index contributed by atoms with van der Waals surface area (Å²) in [6.07, 6.45) is 1.34. The molecule has 4 nitrogen and oxygen atoms in total. The maximum atomic E-state index is 11.1. The predicted octanol–water partition coefficient (Wildman–Crippen LogP) is 0.771. The first-order chi connectivity index (χ1) is 5.52. The van der Waals surface area contributed by atoms with E-state index in [1.807, 2.05) is 13.8 Å². The summed E-state index contributed by atoms with van der Waals surface area (Å²) in [7, 11) is 0. The van der Waals surface area contributed by atoms with Crippen molar-refractivity contribution in [2.45, 2.75) is 19.9 Å². The Morgan fingerprint density at radius 2 is 2.08 bits per heavy atom. The van der Waals surface area contributed by atoms with Gasteiger partial charge in [0.2, 0.25) is 0 Å². The molecule has 0 radical (unpaired) electrons. The Hall–Kier alpha value is -1.03. The summed E-state index contributed by atoms with van der Waals surface area (Å²) in [6, 6.07) is -0.00755. The molecular formula is C7H9ClN2O2. The standard InChI is InChI=1S/C7H9ClN2O2/c1-4(2)10-3-5(8)6(11)9-7(10)12/h3-4H,1-2H3,(H,9,11,12). The van der Waals surface area contributed by atoms with Crippen LogP contribution in [0.1, 0.15) is 19.9 Å². The van der Waals surface area contributed by atoms with Gasteiger partial charge in [-0.3, -0.25) is 14.3 Å². The average molecular weight is 189 g/mol. The fourth-order valence-corrected chi connectivity index (χ4v) is 0.997. The van der Waals surface area contributed by atoms with Crippen molar-refractivity contribution in [1.29, 1.82) is 0 Å². The van der Waals surface area contributed by atoms with Crippen LogP contribution in [0.3, 0.4) is 0 Å². The molecule has 0 aliphatic carbocycles. The van der Waals surface area contributed by atoms with Crippen molar-refractivity contribution < 1.29 is 0 Å². The van der Waals surface area contributed by atoms with Crippen molar-refractivity contribution in [3.05, 3.63) is 32.1 Å². The van der Waals surface area contributed by atoms with E-state index in [1.54, 1.807) is 0 Å². The smallest absolute Gasteiger partial charge is 0.297 e. The average Bonchev–Trinajstić information content (AvgIpc) is 1.96. The number of H-pyrrole nitrogens is 1. The fourth-order valence-electron chi connectivity index (χ4n) is 0.844. The number of rotatable bonds is 1. The zero-order valence-corrected chi connectivity index (χ0v) is 7.55. The molecule has 66 valence electrons. The van der Waals surface area contributed by atoms with Gasteiger partial charge in [-0.15, -0.1) is 0 Å². The lowest BCUT2D eigenvalue weighted by atomic mass is 10.4. The fraction of sp³-hybridized carbons (Fsp3) is 0.429. The topological polar surface area (TPSA) is 54.9 Å². The van der Waals surface area contributed by atoms with E-state index >= 15 is 0 Å². The van der Waals surface area contributed by atoms with Gasteiger partial charge in [0.1, 0.15) is 5.02 Å². The molecule has 0 amide bonds. The summed E-state index contributed by atoms with van der Waals surface area (Å²) >= 11 is 5.53. The number of hydrogen-bond acceptors (Lipinski definition) is 2. The van der Waals surface area contributed by atoms with E-state index in [1.165, 1.54) is 10.8 Å². The van der Waals surface area contributed by atoms with E-state index in [-0.39, 0.29) is 11.1 Å². The Bertz CT molecular complexity index is 391. The zero-order valence-electron chi connectivity index (χ0n) is 6.80. The van der Waals surface area contributed by atoms with Gasteiger partial charge in [-0.2, -0.15) is 0 Å². The van der Waals surface area contributed by atoms with Gasteiger partial charge in [0, 0.05) is 12.2 Å². The Morgan fingerprint density at radius 3 is 2.58 bits per heavy atom. The Kier molecular flexibility index (Phi) is 2.38. The summed E-state index contributed by atoms with van der Waals surface area (Å²) in [4.78, 5) is 24.0. The molecule has 0 bridgehead atoms. The molecular weight excluding hydrogens is 180 g/mol. The van der Waals surface area contributed by atoms with Gasteiger partial charge in [0.05, 0.1) is 0 Å². The van der Waals surface area contributed by atoms with Crippen molar-refractivity contribution in [2.24, 2.45) is 0 Å². The summed E-state index contributed by atoms with van der Waals surface area (Å²) < 4.78 is 1.36. The normalized spacial score (nSPS) is 10.7. The van der Waals surface area contributed by atoms with Gasteiger partial charge in [0.25, 0.3) is 5.56 Å². The van der Waals surface area contributed by atoms with Crippen LogP contribution in [0.15, 0.2) is 15.8 Å². The molecule has 0 fully saturated rings. The number of hydrogen-bond donors (Lipinski definition) is 1. The third kappa shape index (κ3) is 1.58. The number of nitrogens with one attached hydrogen (secondary N) is 1. The highest BCUT2D eigenvalue weighted by atomic mass is 35.5. The van der Waals surface area contributed by atoms with Gasteiger partial charge < -0.3 is 0 Å². The predicted molar refractivity (Wildman–Crippen MR) is 46.7 cm³/mol. The van der Waals surface area contributed by atoms with Crippen LogP contribution in [0, 0.1) is 0 Å². The molecule has 0 atom stereocenters. The van der Waals surface area contributed by atoms with Gasteiger partial charge >= 0.3 is 5.69 Å². The van der Waals surface area contributed by atoms with Gasteiger partial charge in [0.15, 0.2) is 0 Å². The summed E-state index contributed by atoms with van der Waals surface area (Å²) in [5.74, 6) is 0. The monoisotopic (exact) mass is 188 g/mol. The first-order valence-electron chi connectivity index (χ1n) is 3.53. The van der Waals surface area contributed by atoms with E-state index < -0.39 is 11.2 Å². The van der Waals surface area contributed by atoms with Crippen LogP contribution in [-0.4, -0.2) is 9.55 Å². The van der Waals surface area contributed by atoms with Crippen molar-refractivity contribution in [1.82, 2.24) is 9.55 Å². The summed E-state index contributed by atoms with van der Waals surface area (Å²) in [5.41, 5.74) is -0.974. The van der Waals surface area contributed by atoms with Crippen molar-refractivity contribution in [2.75, 3.05) is 0 Å². The van der Waals surface area contributed by atoms with E-state index in [0.29, 0.717) is 0 Å². The molecule has 1 N–H and O–H groups in total. The first kappa shape index (κ1) is 9.06. The summed E-state index contributed by atoms with van der Waals surface area (Å²) in [5, 5.41) is 0.0308. The highest BCUT2D eigenvalue weighted by Gasteiger charge is 2.03. The lowest BCUT2D eigenvalue weighted by Crippen LogP contribution is -2.30. The largest absolute Gasteiger partial charge is 0.328 e. The maximum Gasteiger partial charge on any atom is 0.328 e. The second kappa shape index (κ2) is 3.15. The van der Waals surface area contributed by atoms with Crippen LogP contribution in [-0.2, 0) is 0 Å². The first-order valence-corrected chi connectivity index (χ1v) is 3.91. The molecule has 1 aromatic rings. The Balaban J connectivity index is 3.44. The minimum absolute atomic E-state index is 0.00755. The lowest BCUT2D eigenvalue weighted by molar-refractivity contribution is 0.561. The number of aromatic amines is 1. The maximum absolute atomic E-state index is 11.1. The number of aromatic nitrogens is 2. The quantitative estimate of drug-likeness (QED) is 0.708. The molecule has 5 heteroatoms. The van der Waals surface area contributed by atoms with Crippen LogP contribution >= 0.6 is 11.6 Å². The number of nitrogens with zero attached hydrogens (tertiary/aromatic N) is 1. The van der Waals surface area contributed by atoms with Crippen molar-refractivity contribution in [3.8, 4) is 0 Å². The number of halogens is 1. The van der Waals surface area contributed by atoms with Gasteiger partial charge in [-0.1, -0.05) is 11.6 Å². The van der Waals surface area contributed by atoms with Crippen molar-refractivity contribution in [3.63, 3.8) is 0 Å². The molecule has 1 heterocycles. The molecule has 1 rings (SSSR count). The lowest BCUT2D eigenvalue weighted by Gasteiger charge is -2.07. The van der Waals surface area contributed by atoms with E-state index in [9.17, 15) is 9.59 Å². The molecule has 0 saturated carbocycles. The minimum atomic E-state index is -0.543. The molecule has 12 heavy (non-hydrogen) atoms. The van der Waals surface area contributed by atoms with Gasteiger partial charge in [-0.25, -0.2) is 4.79 Å². The van der Waals surface area contributed by atoms with Crippen LogP contribution in [0.25, 0.3) is 0 Å². The summed E-state index contributed by atoms with van der Waals surface area (Å²) in [6.45, 7) is 3.66. The third-order valence-corrected chi connectivity index (χ3v) is 1.75. The molecule has 0 saturated heterocycles. The van der Waals surface area contributed by atoms with E-state index in [2.05, 4.69) is 4.98 Å². The molecule has 0 spiro atoms. The Morgan fingerprint density at radius 1 is 1.50 bits per heavy atom. The third-order valence-electron chi connectivity index (χ3n) is 1.48.